The Labute approximate surface area is 209 Å². The van der Waals surface area contributed by atoms with Crippen LogP contribution in [0.25, 0.3) is 22.3 Å². The van der Waals surface area contributed by atoms with Gasteiger partial charge in [-0.1, -0.05) is 6.07 Å². The van der Waals surface area contributed by atoms with E-state index in [1.165, 1.54) is 5.56 Å². The quantitative estimate of drug-likeness (QED) is 0.385. The molecule has 9 heteroatoms. The first kappa shape index (κ1) is 22.6. The van der Waals surface area contributed by atoms with Gasteiger partial charge in [0.2, 0.25) is 0 Å². The topological polar surface area (TPSA) is 106 Å². The molecule has 0 unspecified atom stereocenters. The second kappa shape index (κ2) is 9.33. The highest BCUT2D eigenvalue weighted by atomic mass is 16.5. The van der Waals surface area contributed by atoms with Gasteiger partial charge in [-0.3, -0.25) is 9.78 Å². The molecule has 2 aliphatic rings. The van der Waals surface area contributed by atoms with Crippen molar-refractivity contribution in [1.82, 2.24) is 30.2 Å². The molecule has 1 fully saturated rings. The van der Waals surface area contributed by atoms with Gasteiger partial charge in [-0.2, -0.15) is 0 Å². The maximum absolute atomic E-state index is 12.9. The van der Waals surface area contributed by atoms with Gasteiger partial charge in [0.05, 0.1) is 35.4 Å². The number of anilines is 2. The summed E-state index contributed by atoms with van der Waals surface area (Å²) in [5, 5.41) is 10.6. The molecule has 4 aromatic heterocycles. The van der Waals surface area contributed by atoms with Crippen LogP contribution in [0, 0.1) is 0 Å². The third-order valence-corrected chi connectivity index (χ3v) is 7.07. The van der Waals surface area contributed by atoms with Gasteiger partial charge in [0, 0.05) is 61.6 Å². The number of pyridine rings is 3. The Bertz CT molecular complexity index is 1460. The molecule has 0 aliphatic carbocycles. The standard InChI is InChI=1S/C27H29N7O2/c1-28-13-21-17(16-4-3-11-36-15-16)5-6-23(32-21)33-22-14-30-25(20-12-31-27(35)24(20)22)18-7-9-29-26-19(18)8-10-34(26)2/h5-10,14,16,28H,3-4,11-13,15H2,1-2H3,(H,31,35)(H,32,33)/t16-/m0/s1. The van der Waals surface area contributed by atoms with Crippen LogP contribution in [-0.4, -0.2) is 45.7 Å². The van der Waals surface area contributed by atoms with E-state index in [1.807, 2.05) is 43.1 Å². The van der Waals surface area contributed by atoms with Crippen molar-refractivity contribution in [2.45, 2.75) is 31.8 Å². The number of hydrogen-bond acceptors (Lipinski definition) is 7. The molecule has 4 aromatic rings. The second-order valence-corrected chi connectivity index (χ2v) is 9.38. The van der Waals surface area contributed by atoms with Crippen molar-refractivity contribution < 1.29 is 9.53 Å². The molecule has 1 atom stereocenters. The Kier molecular flexibility index (Phi) is 5.86. The predicted molar refractivity (Wildman–Crippen MR) is 138 cm³/mol. The van der Waals surface area contributed by atoms with Crippen LogP contribution in [0.5, 0.6) is 0 Å². The Balaban J connectivity index is 1.38. The summed E-state index contributed by atoms with van der Waals surface area (Å²) in [4.78, 5) is 27.1. The van der Waals surface area contributed by atoms with E-state index in [1.54, 1.807) is 12.4 Å². The van der Waals surface area contributed by atoms with Crippen molar-refractivity contribution in [3.63, 3.8) is 0 Å². The van der Waals surface area contributed by atoms with Gasteiger partial charge in [0.15, 0.2) is 0 Å². The fourth-order valence-electron chi connectivity index (χ4n) is 5.33. The van der Waals surface area contributed by atoms with Crippen molar-refractivity contribution >= 4 is 28.4 Å². The fourth-order valence-corrected chi connectivity index (χ4v) is 5.33. The molecule has 6 heterocycles. The van der Waals surface area contributed by atoms with Crippen LogP contribution < -0.4 is 16.0 Å². The molecule has 2 aliphatic heterocycles. The normalized spacial score (nSPS) is 17.3. The van der Waals surface area contributed by atoms with Crippen LogP contribution in [0.15, 0.2) is 42.9 Å². The predicted octanol–water partition coefficient (Wildman–Crippen LogP) is 3.63. The summed E-state index contributed by atoms with van der Waals surface area (Å²) in [5.74, 6) is 0.933. The average molecular weight is 484 g/mol. The third-order valence-electron chi connectivity index (χ3n) is 7.07. The summed E-state index contributed by atoms with van der Waals surface area (Å²) in [6.45, 7) is 2.65. The van der Waals surface area contributed by atoms with Crippen LogP contribution in [0.4, 0.5) is 11.5 Å². The molecule has 0 radical (unpaired) electrons. The van der Waals surface area contributed by atoms with Gasteiger partial charge >= 0.3 is 0 Å². The molecule has 9 nitrogen and oxygen atoms in total. The van der Waals surface area contributed by atoms with Gasteiger partial charge < -0.3 is 25.3 Å². The monoisotopic (exact) mass is 483 g/mol. The van der Waals surface area contributed by atoms with Crippen molar-refractivity contribution in [3.8, 4) is 11.3 Å². The Morgan fingerprint density at radius 1 is 1.22 bits per heavy atom. The van der Waals surface area contributed by atoms with Crippen LogP contribution in [-0.2, 0) is 24.9 Å². The number of hydrogen-bond donors (Lipinski definition) is 3. The van der Waals surface area contributed by atoms with Gasteiger partial charge in [0.1, 0.15) is 11.5 Å². The lowest BCUT2D eigenvalue weighted by atomic mass is 9.92. The summed E-state index contributed by atoms with van der Waals surface area (Å²) in [5.41, 5.74) is 7.00. The zero-order valence-electron chi connectivity index (χ0n) is 20.5. The molecule has 36 heavy (non-hydrogen) atoms. The van der Waals surface area contributed by atoms with E-state index in [2.05, 4.69) is 27.0 Å². The van der Waals surface area contributed by atoms with E-state index in [0.717, 1.165) is 59.6 Å². The first-order valence-electron chi connectivity index (χ1n) is 12.3. The largest absolute Gasteiger partial charge is 0.381 e. The number of rotatable bonds is 6. The molecule has 1 amide bonds. The van der Waals surface area contributed by atoms with Crippen molar-refractivity contribution in [1.29, 1.82) is 0 Å². The highest BCUT2D eigenvalue weighted by molar-refractivity contribution is 6.06. The number of nitrogens with zero attached hydrogens (tertiary/aromatic N) is 4. The van der Waals surface area contributed by atoms with Gasteiger partial charge in [-0.05, 0) is 43.7 Å². The number of carbonyl (C=O) groups excluding carboxylic acids is 1. The number of aryl methyl sites for hydroxylation is 1. The molecule has 184 valence electrons. The number of ether oxygens (including phenoxy) is 1. The Hall–Kier alpha value is -3.82. The van der Waals surface area contributed by atoms with Gasteiger partial charge in [-0.25, -0.2) is 9.97 Å². The van der Waals surface area contributed by atoms with Crippen molar-refractivity contribution in [3.05, 3.63) is 65.2 Å². The zero-order valence-corrected chi connectivity index (χ0v) is 20.5. The second-order valence-electron chi connectivity index (χ2n) is 9.38. The SMILES string of the molecule is CNCc1nc(Nc2cnc(-c3ccnc4c3ccn4C)c3c2C(=O)NC3)ccc1[C@H]1CCCOC1. The Morgan fingerprint density at radius 2 is 2.14 bits per heavy atom. The Morgan fingerprint density at radius 3 is 2.97 bits per heavy atom. The molecule has 0 saturated carbocycles. The lowest BCUT2D eigenvalue weighted by molar-refractivity contribution is 0.0800. The molecule has 0 aromatic carbocycles. The minimum atomic E-state index is -0.110. The summed E-state index contributed by atoms with van der Waals surface area (Å²) < 4.78 is 7.69. The van der Waals surface area contributed by atoms with Crippen LogP contribution >= 0.6 is 0 Å². The third kappa shape index (κ3) is 3.90. The summed E-state index contributed by atoms with van der Waals surface area (Å²) in [7, 11) is 3.89. The van der Waals surface area contributed by atoms with Crippen molar-refractivity contribution in [2.75, 3.05) is 25.6 Å². The molecular weight excluding hydrogens is 454 g/mol. The van der Waals surface area contributed by atoms with E-state index in [-0.39, 0.29) is 5.91 Å². The van der Waals surface area contributed by atoms with E-state index in [0.29, 0.717) is 36.1 Å². The van der Waals surface area contributed by atoms with E-state index in [4.69, 9.17) is 14.7 Å². The molecule has 0 bridgehead atoms. The van der Waals surface area contributed by atoms with Crippen LogP contribution in [0.3, 0.4) is 0 Å². The van der Waals surface area contributed by atoms with E-state index < -0.39 is 0 Å². The highest BCUT2D eigenvalue weighted by Crippen LogP contribution is 2.36. The lowest BCUT2D eigenvalue weighted by Crippen LogP contribution is -2.20. The number of amides is 1. The first-order chi connectivity index (χ1) is 17.6. The minimum Gasteiger partial charge on any atom is -0.381 e. The molecule has 0 spiro atoms. The number of carbonyl (C=O) groups is 1. The highest BCUT2D eigenvalue weighted by Gasteiger charge is 2.28. The van der Waals surface area contributed by atoms with Gasteiger partial charge in [-0.15, -0.1) is 0 Å². The molecular formula is C27H29N7O2. The average Bonchev–Trinajstić information content (AvgIpc) is 3.48. The number of fused-ring (bicyclic) bond motifs is 2. The smallest absolute Gasteiger partial charge is 0.254 e. The first-order valence-corrected chi connectivity index (χ1v) is 12.3. The zero-order chi connectivity index (χ0) is 24.6. The molecule has 3 N–H and O–H groups in total. The minimum absolute atomic E-state index is 0.110. The van der Waals surface area contributed by atoms with Crippen LogP contribution in [0.1, 0.15) is 45.9 Å². The van der Waals surface area contributed by atoms with E-state index >= 15 is 0 Å². The van der Waals surface area contributed by atoms with E-state index in [9.17, 15) is 4.79 Å². The van der Waals surface area contributed by atoms with Gasteiger partial charge in [0.25, 0.3) is 5.91 Å². The van der Waals surface area contributed by atoms with Crippen molar-refractivity contribution in [2.24, 2.45) is 7.05 Å². The summed E-state index contributed by atoms with van der Waals surface area (Å²) in [6, 6.07) is 8.10. The molecule has 1 saturated heterocycles. The van der Waals surface area contributed by atoms with Crippen LogP contribution in [0.2, 0.25) is 0 Å². The maximum Gasteiger partial charge on any atom is 0.254 e. The number of aromatic nitrogens is 4. The number of nitrogens with one attached hydrogen (secondary N) is 3. The summed E-state index contributed by atoms with van der Waals surface area (Å²) in [6.07, 6.45) is 7.67. The summed E-state index contributed by atoms with van der Waals surface area (Å²) >= 11 is 0. The fraction of sp³-hybridized carbons (Fsp3) is 0.333. The lowest BCUT2D eigenvalue weighted by Gasteiger charge is -2.24. The maximum atomic E-state index is 12.9. The molecule has 6 rings (SSSR count).